The summed E-state index contributed by atoms with van der Waals surface area (Å²) in [4.78, 5) is 12.6. The van der Waals surface area contributed by atoms with Crippen LogP contribution in [0.1, 0.15) is 6.92 Å². The molecule has 0 heterocycles. The first-order valence-corrected chi connectivity index (χ1v) is 4.96. The molecular weight excluding hydrogens is 238 g/mol. The molecule has 0 saturated carbocycles. The summed E-state index contributed by atoms with van der Waals surface area (Å²) < 4.78 is 4.75. The molecule has 5 heteroatoms. The van der Waals surface area contributed by atoms with Crippen LogP contribution in [0, 0.1) is 0 Å². The fourth-order valence-electron chi connectivity index (χ4n) is 0.955. The number of likely N-dealkylation sites (N-methyl/N-ethyl adjacent to an activating group) is 1. The van der Waals surface area contributed by atoms with Gasteiger partial charge in [0, 0.05) is 20.7 Å². The third-order valence-electron chi connectivity index (χ3n) is 1.56. The van der Waals surface area contributed by atoms with Gasteiger partial charge in [-0.1, -0.05) is 15.9 Å². The topological polar surface area (TPSA) is 49.8 Å². The molecule has 78 valence electrons. The Morgan fingerprint density at radius 2 is 2.23 bits per heavy atom. The third kappa shape index (κ3) is 5.23. The summed E-state index contributed by atoms with van der Waals surface area (Å²) in [6.45, 7) is 2.29. The largest absolute Gasteiger partial charge is 0.389 e. The van der Waals surface area contributed by atoms with Crippen molar-refractivity contribution in [3.05, 3.63) is 0 Å². The lowest BCUT2D eigenvalue weighted by atomic mass is 10.3. The molecule has 0 rings (SSSR count). The van der Waals surface area contributed by atoms with Crippen molar-refractivity contribution in [1.29, 1.82) is 0 Å². The lowest BCUT2D eigenvalue weighted by Crippen LogP contribution is -2.39. The summed E-state index contributed by atoms with van der Waals surface area (Å²) in [6, 6.07) is 0. The Bertz CT molecular complexity index is 163. The van der Waals surface area contributed by atoms with E-state index in [0.29, 0.717) is 6.54 Å². The Morgan fingerprint density at radius 1 is 1.69 bits per heavy atom. The van der Waals surface area contributed by atoms with E-state index in [9.17, 15) is 9.90 Å². The van der Waals surface area contributed by atoms with Gasteiger partial charge in [0.05, 0.1) is 17.5 Å². The van der Waals surface area contributed by atoms with Gasteiger partial charge in [-0.05, 0) is 6.92 Å². The van der Waals surface area contributed by atoms with Gasteiger partial charge in [-0.3, -0.25) is 4.79 Å². The van der Waals surface area contributed by atoms with Crippen molar-refractivity contribution in [3.63, 3.8) is 0 Å². The molecule has 0 fully saturated rings. The van der Waals surface area contributed by atoms with Crippen molar-refractivity contribution in [2.75, 3.05) is 27.3 Å². The molecular formula is C8H16BrNO3. The number of hydrogen-bond donors (Lipinski definition) is 1. The second-order valence-electron chi connectivity index (χ2n) is 2.94. The van der Waals surface area contributed by atoms with E-state index in [2.05, 4.69) is 15.9 Å². The summed E-state index contributed by atoms with van der Waals surface area (Å²) >= 11 is 3.17. The predicted molar refractivity (Wildman–Crippen MR) is 53.9 cm³/mol. The maximum absolute atomic E-state index is 11.3. The molecule has 0 aliphatic heterocycles. The minimum Gasteiger partial charge on any atom is -0.389 e. The molecule has 2 atom stereocenters. The molecule has 0 radical (unpaired) electrons. The first kappa shape index (κ1) is 12.9. The summed E-state index contributed by atoms with van der Waals surface area (Å²) in [5.41, 5.74) is 0. The number of halogens is 1. The number of amides is 1. The number of nitrogens with zero attached hydrogens (tertiary/aromatic N) is 1. The van der Waals surface area contributed by atoms with Crippen molar-refractivity contribution in [2.24, 2.45) is 0 Å². The van der Waals surface area contributed by atoms with Gasteiger partial charge in [-0.25, -0.2) is 0 Å². The number of carbonyl (C=O) groups is 1. The number of alkyl halides is 1. The normalized spacial score (nSPS) is 15.2. The lowest BCUT2D eigenvalue weighted by molar-refractivity contribution is -0.130. The molecule has 1 N–H and O–H groups in total. The first-order valence-electron chi connectivity index (χ1n) is 4.05. The van der Waals surface area contributed by atoms with Crippen LogP contribution < -0.4 is 0 Å². The second kappa shape index (κ2) is 6.34. The summed E-state index contributed by atoms with van der Waals surface area (Å²) in [5.74, 6) is -0.0462. The van der Waals surface area contributed by atoms with Gasteiger partial charge in [-0.2, -0.15) is 0 Å². The molecule has 4 nitrogen and oxygen atoms in total. The maximum atomic E-state index is 11.3. The van der Waals surface area contributed by atoms with E-state index in [1.54, 1.807) is 14.0 Å². The minimum absolute atomic E-state index is 0.0462. The number of aliphatic hydroxyl groups excluding tert-OH is 1. The van der Waals surface area contributed by atoms with Crippen LogP contribution in [0.25, 0.3) is 0 Å². The molecule has 0 aliphatic carbocycles. The molecule has 0 spiro atoms. The van der Waals surface area contributed by atoms with Gasteiger partial charge in [0.25, 0.3) is 0 Å². The van der Waals surface area contributed by atoms with Crippen LogP contribution in [0.15, 0.2) is 0 Å². The van der Waals surface area contributed by atoms with E-state index in [1.165, 1.54) is 12.0 Å². The SMILES string of the molecule is COCC(O)CN(C)C(=O)C(C)Br. The molecule has 0 aliphatic rings. The standard InChI is InChI=1S/C8H16BrNO3/c1-6(9)8(12)10(2)4-7(11)5-13-3/h6-7,11H,4-5H2,1-3H3. The molecule has 1 amide bonds. The van der Waals surface area contributed by atoms with Crippen LogP contribution in [0.5, 0.6) is 0 Å². The smallest absolute Gasteiger partial charge is 0.235 e. The minimum atomic E-state index is -0.620. The Balaban J connectivity index is 3.85. The van der Waals surface area contributed by atoms with Crippen LogP contribution in [0.2, 0.25) is 0 Å². The zero-order valence-electron chi connectivity index (χ0n) is 8.16. The monoisotopic (exact) mass is 253 g/mol. The van der Waals surface area contributed by atoms with Crippen molar-refractivity contribution in [3.8, 4) is 0 Å². The van der Waals surface area contributed by atoms with E-state index in [1.807, 2.05) is 0 Å². The average Bonchev–Trinajstić information content (AvgIpc) is 2.03. The fraction of sp³-hybridized carbons (Fsp3) is 0.875. The zero-order valence-corrected chi connectivity index (χ0v) is 9.74. The molecule has 0 aromatic rings. The van der Waals surface area contributed by atoms with E-state index >= 15 is 0 Å². The highest BCUT2D eigenvalue weighted by Gasteiger charge is 2.16. The molecule has 2 unspecified atom stereocenters. The van der Waals surface area contributed by atoms with Gasteiger partial charge in [0.1, 0.15) is 0 Å². The number of hydrogen-bond acceptors (Lipinski definition) is 3. The van der Waals surface area contributed by atoms with Gasteiger partial charge in [-0.15, -0.1) is 0 Å². The molecule has 0 aromatic heterocycles. The Kier molecular flexibility index (Phi) is 6.28. The van der Waals surface area contributed by atoms with Gasteiger partial charge in [0.15, 0.2) is 0 Å². The third-order valence-corrected chi connectivity index (χ3v) is 1.95. The van der Waals surface area contributed by atoms with Crippen LogP contribution in [0.3, 0.4) is 0 Å². The number of rotatable bonds is 5. The predicted octanol–water partition coefficient (Wildman–Crippen LogP) is 0.236. The molecule has 0 bridgehead atoms. The number of carbonyl (C=O) groups excluding carboxylic acids is 1. The van der Waals surface area contributed by atoms with Crippen LogP contribution in [-0.2, 0) is 9.53 Å². The average molecular weight is 254 g/mol. The van der Waals surface area contributed by atoms with Crippen molar-refractivity contribution in [2.45, 2.75) is 17.9 Å². The van der Waals surface area contributed by atoms with Gasteiger partial charge < -0.3 is 14.7 Å². The Morgan fingerprint density at radius 3 is 2.62 bits per heavy atom. The number of methoxy groups -OCH3 is 1. The molecule has 0 aromatic carbocycles. The van der Waals surface area contributed by atoms with Crippen molar-refractivity contribution >= 4 is 21.8 Å². The Labute approximate surface area is 87.0 Å². The lowest BCUT2D eigenvalue weighted by Gasteiger charge is -2.21. The fourth-order valence-corrected chi connectivity index (χ4v) is 1.30. The highest BCUT2D eigenvalue weighted by atomic mass is 79.9. The zero-order chi connectivity index (χ0) is 10.4. The summed E-state index contributed by atoms with van der Waals surface area (Å²) in [7, 11) is 3.16. The highest BCUT2D eigenvalue weighted by molar-refractivity contribution is 9.10. The van der Waals surface area contributed by atoms with Crippen LogP contribution in [0.4, 0.5) is 0 Å². The van der Waals surface area contributed by atoms with Gasteiger partial charge >= 0.3 is 0 Å². The van der Waals surface area contributed by atoms with Crippen molar-refractivity contribution < 1.29 is 14.6 Å². The van der Waals surface area contributed by atoms with E-state index in [0.717, 1.165) is 0 Å². The quantitative estimate of drug-likeness (QED) is 0.715. The van der Waals surface area contributed by atoms with E-state index in [-0.39, 0.29) is 17.3 Å². The molecule has 13 heavy (non-hydrogen) atoms. The van der Waals surface area contributed by atoms with Crippen molar-refractivity contribution in [1.82, 2.24) is 4.90 Å². The van der Waals surface area contributed by atoms with E-state index < -0.39 is 6.10 Å². The van der Waals surface area contributed by atoms with Crippen LogP contribution >= 0.6 is 15.9 Å². The summed E-state index contributed by atoms with van der Waals surface area (Å²) in [6.07, 6.45) is -0.620. The number of ether oxygens (including phenoxy) is 1. The second-order valence-corrected chi connectivity index (χ2v) is 4.32. The van der Waals surface area contributed by atoms with Gasteiger partial charge in [0.2, 0.25) is 5.91 Å². The van der Waals surface area contributed by atoms with E-state index in [4.69, 9.17) is 4.74 Å². The summed E-state index contributed by atoms with van der Waals surface area (Å²) in [5, 5.41) is 9.32. The first-order chi connectivity index (χ1) is 5.99. The van der Waals surface area contributed by atoms with Crippen LogP contribution in [-0.4, -0.2) is 54.2 Å². The Hall–Kier alpha value is -0.130. The molecule has 0 saturated heterocycles. The maximum Gasteiger partial charge on any atom is 0.235 e. The number of aliphatic hydroxyl groups is 1. The highest BCUT2D eigenvalue weighted by Crippen LogP contribution is 2.02.